The van der Waals surface area contributed by atoms with Crippen LogP contribution in [0.4, 0.5) is 5.95 Å². The zero-order chi connectivity index (χ0) is 19.7. The number of aromatic nitrogens is 2. The number of aromatic hydroxyl groups is 1. The molecule has 0 fully saturated rings. The second-order valence-electron chi connectivity index (χ2n) is 6.27. The number of benzene rings is 3. The summed E-state index contributed by atoms with van der Waals surface area (Å²) in [5.41, 5.74) is 4.20. The maximum Gasteiger partial charge on any atom is 0.223 e. The highest BCUT2D eigenvalue weighted by molar-refractivity contribution is 6.31. The fraction of sp³-hybridized carbons (Fsp3) is 0.0909. The van der Waals surface area contributed by atoms with E-state index >= 15 is 0 Å². The number of anilines is 1. The molecule has 0 amide bonds. The first-order chi connectivity index (χ1) is 13.6. The van der Waals surface area contributed by atoms with Crippen LogP contribution in [-0.2, 0) is 0 Å². The van der Waals surface area contributed by atoms with Crippen molar-refractivity contribution < 1.29 is 9.84 Å². The van der Waals surface area contributed by atoms with E-state index in [2.05, 4.69) is 15.3 Å². The van der Waals surface area contributed by atoms with Gasteiger partial charge in [0.2, 0.25) is 5.95 Å². The van der Waals surface area contributed by atoms with Gasteiger partial charge in [-0.25, -0.2) is 9.97 Å². The third-order valence-electron chi connectivity index (χ3n) is 4.55. The number of fused-ring (bicyclic) bond motifs is 1. The molecule has 4 rings (SSSR count). The van der Waals surface area contributed by atoms with Crippen LogP contribution in [-0.4, -0.2) is 29.2 Å². The van der Waals surface area contributed by atoms with E-state index in [0.717, 1.165) is 27.6 Å². The number of nitrogens with zero attached hydrogens (tertiary/aromatic N) is 2. The predicted molar refractivity (Wildman–Crippen MR) is 113 cm³/mol. The highest BCUT2D eigenvalue weighted by atomic mass is 35.5. The van der Waals surface area contributed by atoms with Gasteiger partial charge in [0.25, 0.3) is 0 Å². The second kappa shape index (κ2) is 7.37. The summed E-state index contributed by atoms with van der Waals surface area (Å²) in [6, 6.07) is 16.7. The van der Waals surface area contributed by atoms with Crippen LogP contribution in [0.5, 0.6) is 11.5 Å². The van der Waals surface area contributed by atoms with Gasteiger partial charge in [0.1, 0.15) is 11.3 Å². The molecular weight excluding hydrogens is 374 g/mol. The summed E-state index contributed by atoms with van der Waals surface area (Å²) in [7, 11) is 3.38. The maximum atomic E-state index is 9.96. The van der Waals surface area contributed by atoms with E-state index in [1.807, 2.05) is 36.4 Å². The molecule has 140 valence electrons. The number of rotatable bonds is 4. The molecule has 28 heavy (non-hydrogen) atoms. The number of nitrogens with one attached hydrogen (secondary N) is 1. The predicted octanol–water partition coefficient (Wildman–Crippen LogP) is 5.37. The van der Waals surface area contributed by atoms with Crippen molar-refractivity contribution in [3.63, 3.8) is 0 Å². The number of phenols is 1. The van der Waals surface area contributed by atoms with Crippen LogP contribution in [0.2, 0.25) is 5.02 Å². The van der Waals surface area contributed by atoms with Crippen LogP contribution in [0.3, 0.4) is 0 Å². The Kier molecular flexibility index (Phi) is 4.75. The molecule has 0 aliphatic heterocycles. The molecular formula is C22H18ClN3O2. The smallest absolute Gasteiger partial charge is 0.223 e. The van der Waals surface area contributed by atoms with E-state index < -0.39 is 0 Å². The molecule has 1 aromatic heterocycles. The van der Waals surface area contributed by atoms with Crippen LogP contribution in [0.25, 0.3) is 33.2 Å². The summed E-state index contributed by atoms with van der Waals surface area (Å²) in [4.78, 5) is 9.01. The molecule has 0 atom stereocenters. The van der Waals surface area contributed by atoms with Crippen LogP contribution < -0.4 is 10.1 Å². The number of phenolic OH excluding ortho intramolecular Hbond substituents is 1. The van der Waals surface area contributed by atoms with E-state index in [-0.39, 0.29) is 5.75 Å². The number of halogens is 1. The largest absolute Gasteiger partial charge is 0.508 e. The van der Waals surface area contributed by atoms with Crippen molar-refractivity contribution in [1.29, 1.82) is 0 Å². The van der Waals surface area contributed by atoms with Gasteiger partial charge in [-0.2, -0.15) is 0 Å². The van der Waals surface area contributed by atoms with Crippen molar-refractivity contribution in [2.24, 2.45) is 0 Å². The highest BCUT2D eigenvalue weighted by Gasteiger charge is 2.18. The number of methoxy groups -OCH3 is 1. The van der Waals surface area contributed by atoms with Crippen LogP contribution in [0.15, 0.2) is 60.8 Å². The quantitative estimate of drug-likeness (QED) is 0.489. The van der Waals surface area contributed by atoms with Crippen LogP contribution in [0, 0.1) is 0 Å². The average molecular weight is 392 g/mol. The molecule has 0 saturated carbocycles. The van der Waals surface area contributed by atoms with Crippen LogP contribution in [0.1, 0.15) is 0 Å². The van der Waals surface area contributed by atoms with Crippen molar-refractivity contribution in [2.75, 3.05) is 19.5 Å². The van der Waals surface area contributed by atoms with E-state index in [0.29, 0.717) is 22.2 Å². The molecule has 0 unspecified atom stereocenters. The molecule has 0 bridgehead atoms. The summed E-state index contributed by atoms with van der Waals surface area (Å²) in [6.45, 7) is 0. The summed E-state index contributed by atoms with van der Waals surface area (Å²) >= 11 is 6.23. The lowest BCUT2D eigenvalue weighted by atomic mass is 9.94. The SMILES string of the molecule is CNc1ncc2c(-c3cccc(Cl)c3)cc(-c3cccc(O)c3)c(OC)c2n1. The molecule has 0 aliphatic carbocycles. The minimum absolute atomic E-state index is 0.183. The number of hydrogen-bond acceptors (Lipinski definition) is 5. The first-order valence-electron chi connectivity index (χ1n) is 8.71. The monoisotopic (exact) mass is 391 g/mol. The molecule has 0 spiro atoms. The first kappa shape index (κ1) is 18.1. The minimum Gasteiger partial charge on any atom is -0.508 e. The van der Waals surface area contributed by atoms with Crippen LogP contribution >= 0.6 is 11.6 Å². The summed E-state index contributed by atoms with van der Waals surface area (Å²) in [5, 5.41) is 14.4. The zero-order valence-electron chi connectivity index (χ0n) is 15.4. The molecule has 2 N–H and O–H groups in total. The summed E-state index contributed by atoms with van der Waals surface area (Å²) < 4.78 is 5.74. The van der Waals surface area contributed by atoms with E-state index in [1.54, 1.807) is 38.6 Å². The van der Waals surface area contributed by atoms with Crippen molar-refractivity contribution in [2.45, 2.75) is 0 Å². The van der Waals surface area contributed by atoms with Gasteiger partial charge < -0.3 is 15.2 Å². The Hall–Kier alpha value is -3.31. The normalized spacial score (nSPS) is 10.8. The first-order valence-corrected chi connectivity index (χ1v) is 9.09. The lowest BCUT2D eigenvalue weighted by Gasteiger charge is -2.16. The zero-order valence-corrected chi connectivity index (χ0v) is 16.2. The van der Waals surface area contributed by atoms with Gasteiger partial charge in [-0.05, 0) is 47.0 Å². The Labute approximate surface area is 167 Å². The Morgan fingerprint density at radius 3 is 2.43 bits per heavy atom. The van der Waals surface area contributed by atoms with Crippen molar-refractivity contribution in [3.8, 4) is 33.8 Å². The molecule has 1 heterocycles. The molecule has 4 aromatic rings. The van der Waals surface area contributed by atoms with Gasteiger partial charge in [-0.1, -0.05) is 35.9 Å². The topological polar surface area (TPSA) is 67.3 Å². The van der Waals surface area contributed by atoms with Gasteiger partial charge in [0.05, 0.1) is 7.11 Å². The van der Waals surface area contributed by atoms with E-state index in [1.165, 1.54) is 0 Å². The number of hydrogen-bond donors (Lipinski definition) is 2. The third-order valence-corrected chi connectivity index (χ3v) is 4.78. The van der Waals surface area contributed by atoms with Gasteiger partial charge in [0.15, 0.2) is 5.75 Å². The molecule has 5 nitrogen and oxygen atoms in total. The molecule has 6 heteroatoms. The van der Waals surface area contributed by atoms with E-state index in [9.17, 15) is 5.11 Å². The maximum absolute atomic E-state index is 9.96. The van der Waals surface area contributed by atoms with Gasteiger partial charge >= 0.3 is 0 Å². The van der Waals surface area contributed by atoms with Gasteiger partial charge in [-0.15, -0.1) is 0 Å². The number of ether oxygens (including phenoxy) is 1. The highest BCUT2D eigenvalue weighted by Crippen LogP contribution is 2.42. The molecule has 3 aromatic carbocycles. The fourth-order valence-corrected chi connectivity index (χ4v) is 3.47. The van der Waals surface area contributed by atoms with Gasteiger partial charge in [0, 0.05) is 29.2 Å². The molecule has 0 aliphatic rings. The molecule has 0 radical (unpaired) electrons. The lowest BCUT2D eigenvalue weighted by Crippen LogP contribution is -2.00. The Morgan fingerprint density at radius 1 is 1.00 bits per heavy atom. The third kappa shape index (κ3) is 3.21. The Morgan fingerprint density at radius 2 is 1.75 bits per heavy atom. The van der Waals surface area contributed by atoms with Crippen molar-refractivity contribution in [1.82, 2.24) is 9.97 Å². The average Bonchev–Trinajstić information content (AvgIpc) is 2.72. The Balaban J connectivity index is 2.11. The van der Waals surface area contributed by atoms with E-state index in [4.69, 9.17) is 16.3 Å². The molecule has 0 saturated heterocycles. The summed E-state index contributed by atoms with van der Waals surface area (Å²) in [6.07, 6.45) is 1.78. The summed E-state index contributed by atoms with van der Waals surface area (Å²) in [5.74, 6) is 1.30. The minimum atomic E-state index is 0.183. The van der Waals surface area contributed by atoms with Gasteiger partial charge in [-0.3, -0.25) is 0 Å². The Bertz CT molecular complexity index is 1180. The fourth-order valence-electron chi connectivity index (χ4n) is 3.28. The standard InChI is InChI=1S/C22H18ClN3O2/c1-24-22-25-12-19-17(13-5-3-7-15(23)9-13)11-18(21(28-2)20(19)26-22)14-6-4-8-16(27)10-14/h3-12,27H,1-2H3,(H,24,25,26). The van der Waals surface area contributed by atoms with Crippen molar-refractivity contribution in [3.05, 3.63) is 65.8 Å². The van der Waals surface area contributed by atoms with Crippen molar-refractivity contribution >= 4 is 28.5 Å². The second-order valence-corrected chi connectivity index (χ2v) is 6.71. The lowest BCUT2D eigenvalue weighted by molar-refractivity contribution is 0.420.